The molecule has 0 unspecified atom stereocenters. The molecule has 0 aliphatic rings. The number of hydrogen-bond donors (Lipinski definition) is 1. The fraction of sp³-hybridized carbons (Fsp3) is 0.105. The van der Waals surface area contributed by atoms with Crippen LogP contribution in [0.25, 0.3) is 10.4 Å². The van der Waals surface area contributed by atoms with Crippen LogP contribution in [0.3, 0.4) is 0 Å². The average molecular weight is 375 g/mol. The summed E-state index contributed by atoms with van der Waals surface area (Å²) in [6.07, 6.45) is 0. The largest absolute Gasteiger partial charge is 0.489 e. The highest BCUT2D eigenvalue weighted by molar-refractivity contribution is 7.13. The maximum absolute atomic E-state index is 11.7. The summed E-state index contributed by atoms with van der Waals surface area (Å²) in [5.41, 5.74) is 0.830. The second-order valence-corrected chi connectivity index (χ2v) is 6.51. The number of benzene rings is 2. The van der Waals surface area contributed by atoms with Crippen LogP contribution in [-0.2, 0) is 0 Å². The molecule has 25 heavy (non-hydrogen) atoms. The summed E-state index contributed by atoms with van der Waals surface area (Å²) in [5, 5.41) is 12.1. The van der Waals surface area contributed by atoms with Gasteiger partial charge in [-0.25, -0.2) is 4.79 Å². The van der Waals surface area contributed by atoms with Gasteiger partial charge in [0.15, 0.2) is 11.5 Å². The van der Waals surface area contributed by atoms with Gasteiger partial charge in [0, 0.05) is 9.90 Å². The molecule has 0 radical (unpaired) electrons. The molecule has 0 aliphatic carbocycles. The number of carboxylic acid groups (broad SMARTS) is 1. The topological polar surface area (TPSA) is 55.8 Å². The van der Waals surface area contributed by atoms with E-state index in [1.165, 1.54) is 11.3 Å². The molecule has 3 aromatic rings. The van der Waals surface area contributed by atoms with Gasteiger partial charge in [-0.15, -0.1) is 11.3 Å². The lowest BCUT2D eigenvalue weighted by molar-refractivity contribution is 0.0692. The van der Waals surface area contributed by atoms with Crippen molar-refractivity contribution in [3.63, 3.8) is 0 Å². The van der Waals surface area contributed by atoms with Crippen LogP contribution in [0.2, 0.25) is 5.02 Å². The van der Waals surface area contributed by atoms with Gasteiger partial charge in [0.25, 0.3) is 0 Å². The first-order valence-corrected chi connectivity index (χ1v) is 8.85. The second-order valence-electron chi connectivity index (χ2n) is 5.12. The van der Waals surface area contributed by atoms with Gasteiger partial charge in [-0.1, -0.05) is 17.7 Å². The average Bonchev–Trinajstić information content (AvgIpc) is 3.12. The minimum absolute atomic E-state index is 0.0664. The predicted octanol–water partition coefficient (Wildman–Crippen LogP) is 5.96. The van der Waals surface area contributed by atoms with Crippen LogP contribution in [-0.4, -0.2) is 17.7 Å². The Bertz CT molecular complexity index is 873. The third-order valence-corrected chi connectivity index (χ3v) is 4.59. The molecule has 1 heterocycles. The first-order valence-electron chi connectivity index (χ1n) is 7.60. The van der Waals surface area contributed by atoms with E-state index in [0.29, 0.717) is 23.1 Å². The Kier molecular flexibility index (Phi) is 5.26. The van der Waals surface area contributed by atoms with Gasteiger partial charge in [-0.05, 0) is 60.3 Å². The summed E-state index contributed by atoms with van der Waals surface area (Å²) in [4.78, 5) is 12.7. The SMILES string of the molecule is CCOc1c(Oc2ccc(Cl)cc2)cc(-c2cccs2)cc1C(=O)O. The number of ether oxygens (including phenoxy) is 2. The van der Waals surface area contributed by atoms with Gasteiger partial charge in [0.1, 0.15) is 11.3 Å². The Morgan fingerprint density at radius 3 is 2.56 bits per heavy atom. The molecule has 3 rings (SSSR count). The minimum atomic E-state index is -1.07. The number of rotatable bonds is 6. The summed E-state index contributed by atoms with van der Waals surface area (Å²) in [6, 6.07) is 14.1. The molecular weight excluding hydrogens is 360 g/mol. The predicted molar refractivity (Wildman–Crippen MR) is 99.4 cm³/mol. The van der Waals surface area contributed by atoms with Gasteiger partial charge < -0.3 is 14.6 Å². The van der Waals surface area contributed by atoms with Gasteiger partial charge in [-0.3, -0.25) is 0 Å². The molecule has 0 aliphatic heterocycles. The first-order chi connectivity index (χ1) is 12.1. The summed E-state index contributed by atoms with van der Waals surface area (Å²) >= 11 is 7.42. The fourth-order valence-corrected chi connectivity index (χ4v) is 3.19. The summed E-state index contributed by atoms with van der Waals surface area (Å²) in [5.74, 6) is 0.0468. The molecule has 1 aromatic heterocycles. The molecule has 0 fully saturated rings. The summed E-state index contributed by atoms with van der Waals surface area (Å²) < 4.78 is 11.5. The molecule has 1 N–H and O–H groups in total. The number of halogens is 1. The molecule has 6 heteroatoms. The van der Waals surface area contributed by atoms with Crippen molar-refractivity contribution in [2.75, 3.05) is 6.61 Å². The third-order valence-electron chi connectivity index (χ3n) is 3.42. The van der Waals surface area contributed by atoms with E-state index in [0.717, 1.165) is 10.4 Å². The fourth-order valence-electron chi connectivity index (χ4n) is 2.34. The molecule has 2 aromatic carbocycles. The van der Waals surface area contributed by atoms with Crippen molar-refractivity contribution >= 4 is 28.9 Å². The Morgan fingerprint density at radius 2 is 1.96 bits per heavy atom. The van der Waals surface area contributed by atoms with Crippen molar-refractivity contribution in [3.05, 3.63) is 64.5 Å². The lowest BCUT2D eigenvalue weighted by Gasteiger charge is -2.15. The number of thiophene rings is 1. The maximum atomic E-state index is 11.7. The monoisotopic (exact) mass is 374 g/mol. The standard InChI is InChI=1S/C19H15ClO4S/c1-2-23-18-15(19(21)22)10-12(17-4-3-9-25-17)11-16(18)24-14-7-5-13(20)6-8-14/h3-11H,2H2,1H3,(H,21,22). The van der Waals surface area contributed by atoms with Crippen LogP contribution >= 0.6 is 22.9 Å². The molecule has 4 nitrogen and oxygen atoms in total. The van der Waals surface area contributed by atoms with E-state index >= 15 is 0 Å². The molecule has 0 saturated heterocycles. The van der Waals surface area contributed by atoms with Gasteiger partial charge in [0.2, 0.25) is 0 Å². The van der Waals surface area contributed by atoms with E-state index in [9.17, 15) is 9.90 Å². The molecule has 0 amide bonds. The number of carbonyl (C=O) groups is 1. The normalized spacial score (nSPS) is 10.5. The highest BCUT2D eigenvalue weighted by Gasteiger charge is 2.20. The van der Waals surface area contributed by atoms with Crippen LogP contribution in [0.15, 0.2) is 53.9 Å². The van der Waals surface area contributed by atoms with Crippen LogP contribution in [0, 0.1) is 0 Å². The number of aromatic carboxylic acids is 1. The van der Waals surface area contributed by atoms with Crippen molar-refractivity contribution in [2.24, 2.45) is 0 Å². The van der Waals surface area contributed by atoms with Crippen molar-refractivity contribution in [3.8, 4) is 27.7 Å². The van der Waals surface area contributed by atoms with E-state index in [4.69, 9.17) is 21.1 Å². The third kappa shape index (κ3) is 3.95. The van der Waals surface area contributed by atoms with E-state index < -0.39 is 5.97 Å². The van der Waals surface area contributed by atoms with E-state index in [1.54, 1.807) is 43.3 Å². The molecule has 0 spiro atoms. The van der Waals surface area contributed by atoms with Crippen LogP contribution in [0.1, 0.15) is 17.3 Å². The first kappa shape index (κ1) is 17.3. The highest BCUT2D eigenvalue weighted by Crippen LogP contribution is 2.40. The Morgan fingerprint density at radius 1 is 1.20 bits per heavy atom. The Labute approximate surface area is 154 Å². The quantitative estimate of drug-likeness (QED) is 0.578. The summed E-state index contributed by atoms with van der Waals surface area (Å²) in [6.45, 7) is 2.13. The summed E-state index contributed by atoms with van der Waals surface area (Å²) in [7, 11) is 0. The Balaban J connectivity index is 2.12. The van der Waals surface area contributed by atoms with Gasteiger partial charge >= 0.3 is 5.97 Å². The van der Waals surface area contributed by atoms with Crippen molar-refractivity contribution in [1.82, 2.24) is 0 Å². The van der Waals surface area contributed by atoms with Crippen LogP contribution in [0.5, 0.6) is 17.2 Å². The van der Waals surface area contributed by atoms with Gasteiger partial charge in [-0.2, -0.15) is 0 Å². The zero-order chi connectivity index (χ0) is 17.8. The molecular formula is C19H15ClO4S. The van der Waals surface area contributed by atoms with Crippen molar-refractivity contribution in [2.45, 2.75) is 6.92 Å². The van der Waals surface area contributed by atoms with E-state index in [2.05, 4.69) is 0 Å². The van der Waals surface area contributed by atoms with Crippen molar-refractivity contribution in [1.29, 1.82) is 0 Å². The maximum Gasteiger partial charge on any atom is 0.339 e. The number of carboxylic acids is 1. The van der Waals surface area contributed by atoms with Gasteiger partial charge in [0.05, 0.1) is 6.61 Å². The lowest BCUT2D eigenvalue weighted by atomic mass is 10.1. The van der Waals surface area contributed by atoms with E-state index in [1.807, 2.05) is 17.5 Å². The Hall–Kier alpha value is -2.50. The van der Waals surface area contributed by atoms with Crippen LogP contribution < -0.4 is 9.47 Å². The second kappa shape index (κ2) is 7.59. The number of hydrogen-bond acceptors (Lipinski definition) is 4. The zero-order valence-corrected chi connectivity index (χ0v) is 14.9. The molecule has 0 atom stereocenters. The molecule has 0 saturated carbocycles. The lowest BCUT2D eigenvalue weighted by Crippen LogP contribution is -2.05. The molecule has 0 bridgehead atoms. The van der Waals surface area contributed by atoms with Crippen LogP contribution in [0.4, 0.5) is 0 Å². The minimum Gasteiger partial charge on any atom is -0.489 e. The van der Waals surface area contributed by atoms with Crippen molar-refractivity contribution < 1.29 is 19.4 Å². The smallest absolute Gasteiger partial charge is 0.339 e. The highest BCUT2D eigenvalue weighted by atomic mass is 35.5. The van der Waals surface area contributed by atoms with E-state index in [-0.39, 0.29) is 11.3 Å². The molecule has 128 valence electrons. The zero-order valence-electron chi connectivity index (χ0n) is 13.4.